The first-order valence-corrected chi connectivity index (χ1v) is 10.6. The van der Waals surface area contributed by atoms with Gasteiger partial charge in [0, 0.05) is 5.69 Å². The lowest BCUT2D eigenvalue weighted by atomic mass is 9.95. The fraction of sp³-hybridized carbons (Fsp3) is 0.240. The highest BCUT2D eigenvalue weighted by Gasteiger charge is 2.21. The molecule has 4 aromatic rings. The predicted molar refractivity (Wildman–Crippen MR) is 123 cm³/mol. The molecule has 0 fully saturated rings. The highest BCUT2D eigenvalue weighted by Crippen LogP contribution is 2.36. The number of nitriles is 1. The van der Waals surface area contributed by atoms with Gasteiger partial charge in [-0.15, -0.1) is 0 Å². The molecule has 0 saturated carbocycles. The number of H-pyrrole nitrogens is 1. The van der Waals surface area contributed by atoms with E-state index in [1.165, 1.54) is 0 Å². The van der Waals surface area contributed by atoms with Gasteiger partial charge >= 0.3 is 0 Å². The molecule has 32 heavy (non-hydrogen) atoms. The number of hydrogen-bond acceptors (Lipinski definition) is 6. The Morgan fingerprint density at radius 3 is 2.69 bits per heavy atom. The first kappa shape index (κ1) is 19.9. The second-order valence-electron chi connectivity index (χ2n) is 8.13. The number of aromatic amines is 1. The van der Waals surface area contributed by atoms with Gasteiger partial charge in [-0.3, -0.25) is 0 Å². The van der Waals surface area contributed by atoms with Crippen LogP contribution in [0, 0.1) is 17.2 Å². The van der Waals surface area contributed by atoms with Crippen molar-refractivity contribution in [1.82, 2.24) is 15.0 Å². The second kappa shape index (κ2) is 8.23. The molecule has 7 nitrogen and oxygen atoms in total. The summed E-state index contributed by atoms with van der Waals surface area (Å²) < 4.78 is 11.4. The Hall–Kier alpha value is -4.05. The average Bonchev–Trinajstić information content (AvgIpc) is 3.27. The SMILES string of the molecule is CC(C)[C@@H](Nc1ncnc2[nH]c(-c3cccc(C#N)c3)cc12)c1ccc2c(c1)OCCO2. The number of anilines is 1. The lowest BCUT2D eigenvalue weighted by Crippen LogP contribution is -2.19. The number of hydrogen-bond donors (Lipinski definition) is 2. The van der Waals surface area contributed by atoms with Gasteiger partial charge in [-0.05, 0) is 47.4 Å². The molecule has 0 radical (unpaired) electrons. The molecule has 2 N–H and O–H groups in total. The summed E-state index contributed by atoms with van der Waals surface area (Å²) in [4.78, 5) is 12.3. The predicted octanol–water partition coefficient (Wildman–Crippen LogP) is 5.08. The summed E-state index contributed by atoms with van der Waals surface area (Å²) in [5, 5.41) is 13.7. The third-order valence-corrected chi connectivity index (χ3v) is 5.61. The van der Waals surface area contributed by atoms with Crippen molar-refractivity contribution in [3.8, 4) is 28.8 Å². The van der Waals surface area contributed by atoms with Crippen LogP contribution in [0.3, 0.4) is 0 Å². The molecule has 0 aliphatic carbocycles. The minimum Gasteiger partial charge on any atom is -0.486 e. The van der Waals surface area contributed by atoms with E-state index in [9.17, 15) is 5.26 Å². The molecule has 0 spiro atoms. The van der Waals surface area contributed by atoms with Crippen molar-refractivity contribution in [3.05, 3.63) is 66.0 Å². The zero-order valence-electron chi connectivity index (χ0n) is 17.9. The molecule has 1 atom stereocenters. The number of nitrogens with zero attached hydrogens (tertiary/aromatic N) is 3. The molecule has 1 aliphatic rings. The van der Waals surface area contributed by atoms with Gasteiger partial charge in [0.05, 0.1) is 23.1 Å². The summed E-state index contributed by atoms with van der Waals surface area (Å²) in [6.45, 7) is 5.47. The van der Waals surface area contributed by atoms with Crippen LogP contribution in [0.25, 0.3) is 22.3 Å². The number of benzene rings is 2. The summed E-state index contributed by atoms with van der Waals surface area (Å²) in [6, 6.07) is 17.8. The molecule has 0 unspecified atom stereocenters. The Kier molecular flexibility index (Phi) is 5.12. The Labute approximate surface area is 186 Å². The first-order valence-electron chi connectivity index (χ1n) is 10.6. The highest BCUT2D eigenvalue weighted by atomic mass is 16.6. The summed E-state index contributed by atoms with van der Waals surface area (Å²) in [7, 11) is 0. The van der Waals surface area contributed by atoms with Gasteiger partial charge in [0.2, 0.25) is 0 Å². The Morgan fingerprint density at radius 1 is 1.03 bits per heavy atom. The number of ether oxygens (including phenoxy) is 2. The molecule has 0 amide bonds. The van der Waals surface area contributed by atoms with E-state index in [1.807, 2.05) is 36.4 Å². The zero-order valence-corrected chi connectivity index (χ0v) is 17.9. The van der Waals surface area contributed by atoms with Crippen molar-refractivity contribution >= 4 is 16.9 Å². The van der Waals surface area contributed by atoms with Crippen molar-refractivity contribution in [2.75, 3.05) is 18.5 Å². The lowest BCUT2D eigenvalue weighted by molar-refractivity contribution is 0.171. The molecule has 3 heterocycles. The van der Waals surface area contributed by atoms with Crippen molar-refractivity contribution in [2.24, 2.45) is 5.92 Å². The van der Waals surface area contributed by atoms with Crippen LogP contribution in [-0.4, -0.2) is 28.2 Å². The molecule has 7 heteroatoms. The van der Waals surface area contributed by atoms with Gasteiger partial charge in [-0.1, -0.05) is 32.0 Å². The van der Waals surface area contributed by atoms with Crippen molar-refractivity contribution in [1.29, 1.82) is 5.26 Å². The summed E-state index contributed by atoms with van der Waals surface area (Å²) >= 11 is 0. The topological polar surface area (TPSA) is 95.9 Å². The van der Waals surface area contributed by atoms with Gasteiger partial charge in [-0.2, -0.15) is 5.26 Å². The minimum absolute atomic E-state index is 0.0178. The summed E-state index contributed by atoms with van der Waals surface area (Å²) in [5.74, 6) is 2.60. The van der Waals surface area contributed by atoms with Crippen LogP contribution in [0.1, 0.15) is 31.0 Å². The van der Waals surface area contributed by atoms with Crippen molar-refractivity contribution < 1.29 is 9.47 Å². The maximum absolute atomic E-state index is 9.22. The molecule has 2 aromatic carbocycles. The average molecular weight is 425 g/mol. The number of nitrogens with one attached hydrogen (secondary N) is 2. The fourth-order valence-corrected chi connectivity index (χ4v) is 4.00. The summed E-state index contributed by atoms with van der Waals surface area (Å²) in [5.41, 5.74) is 4.28. The number of rotatable bonds is 5. The second-order valence-corrected chi connectivity index (χ2v) is 8.13. The molecule has 1 aliphatic heterocycles. The van der Waals surface area contributed by atoms with Gasteiger partial charge in [-0.25, -0.2) is 9.97 Å². The van der Waals surface area contributed by atoms with E-state index in [2.05, 4.69) is 46.3 Å². The third-order valence-electron chi connectivity index (χ3n) is 5.61. The Balaban J connectivity index is 1.51. The maximum Gasteiger partial charge on any atom is 0.161 e. The minimum atomic E-state index is 0.0178. The molecule has 5 rings (SSSR count). The van der Waals surface area contributed by atoms with E-state index in [4.69, 9.17) is 9.47 Å². The summed E-state index contributed by atoms with van der Waals surface area (Å²) in [6.07, 6.45) is 1.55. The van der Waals surface area contributed by atoms with E-state index < -0.39 is 0 Å². The number of aromatic nitrogens is 3. The van der Waals surface area contributed by atoms with Crippen LogP contribution in [0.5, 0.6) is 11.5 Å². The normalized spacial score (nSPS) is 13.7. The largest absolute Gasteiger partial charge is 0.486 e. The highest BCUT2D eigenvalue weighted by molar-refractivity contribution is 5.91. The monoisotopic (exact) mass is 425 g/mol. The fourth-order valence-electron chi connectivity index (χ4n) is 4.00. The van der Waals surface area contributed by atoms with Crippen LogP contribution >= 0.6 is 0 Å². The molecule has 0 bridgehead atoms. The molecule has 2 aromatic heterocycles. The number of fused-ring (bicyclic) bond motifs is 2. The van der Waals surface area contributed by atoms with Gasteiger partial charge in [0.1, 0.15) is 31.0 Å². The molecular formula is C25H23N5O2. The molecule has 0 saturated heterocycles. The maximum atomic E-state index is 9.22. The zero-order chi connectivity index (χ0) is 22.1. The molecular weight excluding hydrogens is 402 g/mol. The third kappa shape index (κ3) is 3.71. The van der Waals surface area contributed by atoms with Crippen LogP contribution in [0.2, 0.25) is 0 Å². The van der Waals surface area contributed by atoms with E-state index in [-0.39, 0.29) is 6.04 Å². The van der Waals surface area contributed by atoms with Crippen LogP contribution in [-0.2, 0) is 0 Å². The molecule has 160 valence electrons. The Bertz CT molecular complexity index is 1320. The smallest absolute Gasteiger partial charge is 0.161 e. The lowest BCUT2D eigenvalue weighted by Gasteiger charge is -2.26. The van der Waals surface area contributed by atoms with Gasteiger partial charge < -0.3 is 19.8 Å². The van der Waals surface area contributed by atoms with E-state index in [1.54, 1.807) is 12.4 Å². The standard InChI is InChI=1S/C25H23N5O2/c1-15(2)23(18-6-7-21-22(11-18)32-9-8-31-21)30-25-19-12-20(29-24(19)27-14-28-25)17-5-3-4-16(10-17)13-26/h3-7,10-12,14-15,23H,8-9H2,1-2H3,(H2,27,28,29,30)/t23-/m1/s1. The van der Waals surface area contributed by atoms with Gasteiger partial charge in [0.25, 0.3) is 0 Å². The van der Waals surface area contributed by atoms with Crippen LogP contribution in [0.4, 0.5) is 5.82 Å². The van der Waals surface area contributed by atoms with Crippen LogP contribution < -0.4 is 14.8 Å². The first-order chi connectivity index (χ1) is 15.6. The van der Waals surface area contributed by atoms with Crippen LogP contribution in [0.15, 0.2) is 54.9 Å². The van der Waals surface area contributed by atoms with E-state index >= 15 is 0 Å². The Morgan fingerprint density at radius 2 is 1.88 bits per heavy atom. The van der Waals surface area contributed by atoms with Crippen molar-refractivity contribution in [2.45, 2.75) is 19.9 Å². The quantitative estimate of drug-likeness (QED) is 0.463. The van der Waals surface area contributed by atoms with Gasteiger partial charge in [0.15, 0.2) is 11.5 Å². The van der Waals surface area contributed by atoms with Crippen molar-refractivity contribution in [3.63, 3.8) is 0 Å². The van der Waals surface area contributed by atoms with E-state index in [0.29, 0.717) is 24.7 Å². The van der Waals surface area contributed by atoms with E-state index in [0.717, 1.165) is 45.2 Å².